The van der Waals surface area contributed by atoms with E-state index < -0.39 is 0 Å². The number of hydrogen-bond donors (Lipinski definition) is 2. The fourth-order valence-corrected chi connectivity index (χ4v) is 4.95. The molecule has 2 heterocycles. The van der Waals surface area contributed by atoms with Crippen molar-refractivity contribution in [1.82, 2.24) is 15.0 Å². The molecule has 0 amide bonds. The first kappa shape index (κ1) is 27.9. The van der Waals surface area contributed by atoms with Crippen LogP contribution in [0.3, 0.4) is 0 Å². The van der Waals surface area contributed by atoms with Crippen molar-refractivity contribution in [3.05, 3.63) is 34.8 Å². The number of nitrogen functional groups attached to an aromatic ring is 2. The minimum atomic E-state index is 0.352. The van der Waals surface area contributed by atoms with Crippen LogP contribution in [0.1, 0.15) is 17.5 Å². The van der Waals surface area contributed by atoms with Gasteiger partial charge in [-0.2, -0.15) is 0 Å². The van der Waals surface area contributed by atoms with Gasteiger partial charge in [0.05, 0.1) is 45.3 Å². The summed E-state index contributed by atoms with van der Waals surface area (Å²) in [7, 11) is 1.64. The van der Waals surface area contributed by atoms with Crippen LogP contribution in [-0.2, 0) is 20.0 Å². The zero-order valence-electron chi connectivity index (χ0n) is 20.8. The number of ether oxygens (including phenoxy) is 5. The van der Waals surface area contributed by atoms with E-state index in [0.717, 1.165) is 21.1 Å². The molecule has 0 aliphatic rings. The second-order valence-electron chi connectivity index (χ2n) is 7.47. The molecule has 4 N–H and O–H groups in total. The number of hydrogen-bond acceptors (Lipinski definition) is 12. The zero-order chi connectivity index (χ0) is 25.8. The van der Waals surface area contributed by atoms with E-state index in [-0.39, 0.29) is 0 Å². The number of nitrogens with two attached hydrogens (primary N) is 2. The van der Waals surface area contributed by atoms with Crippen LogP contribution in [0, 0.1) is 6.92 Å². The number of thioether (sulfide) groups is 1. The normalized spacial score (nSPS) is 11.1. The Hall–Kier alpha value is -2.64. The average molecular weight is 536 g/mol. The second kappa shape index (κ2) is 14.8. The molecule has 3 aromatic rings. The third-order valence-corrected chi connectivity index (χ3v) is 6.68. The van der Waals surface area contributed by atoms with Gasteiger partial charge in [0.15, 0.2) is 16.7 Å². The Labute approximate surface area is 219 Å². The molecule has 0 atom stereocenters. The molecular formula is C24H33N5O5S2. The molecule has 2 aromatic heterocycles. The largest absolute Gasteiger partial charge is 0.490 e. The number of aryl methyl sites for hydroxylation is 1. The van der Waals surface area contributed by atoms with E-state index in [1.165, 1.54) is 17.8 Å². The average Bonchev–Trinajstić information content (AvgIpc) is 3.22. The lowest BCUT2D eigenvalue weighted by atomic mass is 10.2. The van der Waals surface area contributed by atoms with Gasteiger partial charge in [0.1, 0.15) is 23.3 Å². The van der Waals surface area contributed by atoms with Crippen LogP contribution >= 0.6 is 23.1 Å². The SMILES string of the molecule is CCOc1cc(-c2nc(CSc3nc(N)cc(N)n3)c(C)s2)ccc1OCCOCCOCCOC. The highest BCUT2D eigenvalue weighted by atomic mass is 32.2. The lowest BCUT2D eigenvalue weighted by Gasteiger charge is -2.13. The number of methoxy groups -OCH3 is 1. The van der Waals surface area contributed by atoms with E-state index in [0.29, 0.717) is 80.3 Å². The first-order valence-corrected chi connectivity index (χ1v) is 13.3. The van der Waals surface area contributed by atoms with Gasteiger partial charge in [0.2, 0.25) is 0 Å². The Morgan fingerprint density at radius 3 is 2.25 bits per heavy atom. The summed E-state index contributed by atoms with van der Waals surface area (Å²) in [6.45, 7) is 7.55. The van der Waals surface area contributed by atoms with Crippen molar-refractivity contribution in [3.63, 3.8) is 0 Å². The van der Waals surface area contributed by atoms with E-state index >= 15 is 0 Å². The highest BCUT2D eigenvalue weighted by Gasteiger charge is 2.14. The highest BCUT2D eigenvalue weighted by Crippen LogP contribution is 2.36. The molecular weight excluding hydrogens is 502 g/mol. The van der Waals surface area contributed by atoms with Crippen molar-refractivity contribution >= 4 is 34.7 Å². The van der Waals surface area contributed by atoms with Gasteiger partial charge in [0, 0.05) is 29.4 Å². The van der Waals surface area contributed by atoms with Crippen LogP contribution in [0.15, 0.2) is 29.4 Å². The van der Waals surface area contributed by atoms with Gasteiger partial charge in [-0.15, -0.1) is 11.3 Å². The van der Waals surface area contributed by atoms with Crippen molar-refractivity contribution in [2.24, 2.45) is 0 Å². The predicted molar refractivity (Wildman–Crippen MR) is 143 cm³/mol. The summed E-state index contributed by atoms with van der Waals surface area (Å²) in [6, 6.07) is 7.38. The monoisotopic (exact) mass is 535 g/mol. The van der Waals surface area contributed by atoms with Crippen molar-refractivity contribution in [1.29, 1.82) is 0 Å². The maximum absolute atomic E-state index is 5.90. The van der Waals surface area contributed by atoms with Gasteiger partial charge in [-0.25, -0.2) is 15.0 Å². The highest BCUT2D eigenvalue weighted by molar-refractivity contribution is 7.98. The molecule has 0 spiro atoms. The molecule has 10 nitrogen and oxygen atoms in total. The maximum atomic E-state index is 5.90. The lowest BCUT2D eigenvalue weighted by molar-refractivity contribution is 0.0178. The van der Waals surface area contributed by atoms with E-state index in [1.54, 1.807) is 18.4 Å². The van der Waals surface area contributed by atoms with E-state index in [9.17, 15) is 0 Å². The van der Waals surface area contributed by atoms with E-state index in [1.807, 2.05) is 25.1 Å². The molecule has 0 saturated heterocycles. The standard InChI is InChI=1S/C24H33N5O5S2/c1-4-33-20-13-17(5-6-19(20)34-12-11-32-10-9-31-8-7-30-3)23-27-18(16(2)36-23)15-35-24-28-21(25)14-22(26)29-24/h5-6,13-14H,4,7-12,15H2,1-3H3,(H4,25,26,28,29). The van der Waals surface area contributed by atoms with Gasteiger partial charge in [-0.3, -0.25) is 0 Å². The van der Waals surface area contributed by atoms with Crippen molar-refractivity contribution < 1.29 is 23.7 Å². The minimum absolute atomic E-state index is 0.352. The number of aromatic nitrogens is 3. The number of nitrogens with zero attached hydrogens (tertiary/aromatic N) is 3. The topological polar surface area (TPSA) is 137 Å². The van der Waals surface area contributed by atoms with Crippen LogP contribution in [0.4, 0.5) is 11.6 Å². The number of anilines is 2. The quantitative estimate of drug-likeness (QED) is 0.157. The van der Waals surface area contributed by atoms with Crippen molar-refractivity contribution in [3.8, 4) is 22.1 Å². The third-order valence-electron chi connectivity index (χ3n) is 4.76. The smallest absolute Gasteiger partial charge is 0.191 e. The molecule has 3 rings (SSSR count). The molecule has 0 aliphatic heterocycles. The summed E-state index contributed by atoms with van der Waals surface area (Å²) in [4.78, 5) is 14.4. The van der Waals surface area contributed by atoms with Crippen molar-refractivity contribution in [2.75, 3.05) is 64.8 Å². The van der Waals surface area contributed by atoms with E-state index in [4.69, 9.17) is 40.1 Å². The molecule has 0 bridgehead atoms. The van der Waals surface area contributed by atoms with Crippen LogP contribution in [0.2, 0.25) is 0 Å². The molecule has 12 heteroatoms. The molecule has 0 aliphatic carbocycles. The Morgan fingerprint density at radius 1 is 0.861 bits per heavy atom. The molecule has 0 fully saturated rings. The molecule has 0 saturated carbocycles. The van der Waals surface area contributed by atoms with Crippen molar-refractivity contribution in [2.45, 2.75) is 24.8 Å². The predicted octanol–water partition coefficient (Wildman–Crippen LogP) is 3.82. The Kier molecular flexibility index (Phi) is 11.5. The van der Waals surface area contributed by atoms with Crippen LogP contribution < -0.4 is 20.9 Å². The van der Waals surface area contributed by atoms with Gasteiger partial charge < -0.3 is 35.2 Å². The van der Waals surface area contributed by atoms with Gasteiger partial charge >= 0.3 is 0 Å². The summed E-state index contributed by atoms with van der Waals surface area (Å²) in [5.74, 6) is 2.66. The second-order valence-corrected chi connectivity index (χ2v) is 9.62. The van der Waals surface area contributed by atoms with Gasteiger partial charge in [-0.1, -0.05) is 11.8 Å². The number of thiazole rings is 1. The molecule has 196 valence electrons. The Balaban J connectivity index is 1.56. The number of rotatable bonds is 16. The molecule has 0 unspecified atom stereocenters. The summed E-state index contributed by atoms with van der Waals surface area (Å²) in [5.41, 5.74) is 13.5. The third kappa shape index (κ3) is 8.79. The summed E-state index contributed by atoms with van der Waals surface area (Å²) in [6.07, 6.45) is 0. The summed E-state index contributed by atoms with van der Waals surface area (Å²) in [5, 5.41) is 1.43. The molecule has 0 radical (unpaired) electrons. The zero-order valence-corrected chi connectivity index (χ0v) is 22.5. The first-order valence-electron chi connectivity index (χ1n) is 11.5. The molecule has 36 heavy (non-hydrogen) atoms. The first-order chi connectivity index (χ1) is 17.5. The minimum Gasteiger partial charge on any atom is -0.490 e. The fourth-order valence-electron chi connectivity index (χ4n) is 3.05. The van der Waals surface area contributed by atoms with E-state index in [2.05, 4.69) is 16.9 Å². The van der Waals surface area contributed by atoms with Gasteiger partial charge in [0.25, 0.3) is 0 Å². The maximum Gasteiger partial charge on any atom is 0.191 e. The Bertz CT molecular complexity index is 1080. The fraction of sp³-hybridized carbons (Fsp3) is 0.458. The van der Waals surface area contributed by atoms with Crippen LogP contribution in [0.5, 0.6) is 11.5 Å². The Morgan fingerprint density at radius 2 is 1.56 bits per heavy atom. The van der Waals surface area contributed by atoms with Crippen LogP contribution in [0.25, 0.3) is 10.6 Å². The lowest BCUT2D eigenvalue weighted by Crippen LogP contribution is -2.12. The number of benzene rings is 1. The molecule has 1 aromatic carbocycles. The van der Waals surface area contributed by atoms with Gasteiger partial charge in [-0.05, 0) is 32.0 Å². The van der Waals surface area contributed by atoms with Crippen LogP contribution in [-0.4, -0.2) is 68.3 Å². The summed E-state index contributed by atoms with van der Waals surface area (Å²) >= 11 is 3.07. The summed E-state index contributed by atoms with van der Waals surface area (Å²) < 4.78 is 27.6.